The van der Waals surface area contributed by atoms with Crippen molar-refractivity contribution in [1.29, 1.82) is 5.26 Å². The second-order valence-electron chi connectivity index (χ2n) is 8.05. The van der Waals surface area contributed by atoms with E-state index in [1.165, 1.54) is 4.31 Å². The molecule has 2 N–H and O–H groups in total. The third kappa shape index (κ3) is 3.85. The first-order valence-electron chi connectivity index (χ1n) is 10.7. The maximum atomic E-state index is 14.3. The number of rotatable bonds is 4. The highest BCUT2D eigenvalue weighted by Crippen LogP contribution is 2.51. The minimum absolute atomic E-state index is 0.00725. The van der Waals surface area contributed by atoms with E-state index in [0.717, 1.165) is 10.0 Å². The first kappa shape index (κ1) is 23.0. The first-order valence-corrected chi connectivity index (χ1v) is 12.9. The van der Waals surface area contributed by atoms with Crippen LogP contribution in [0.25, 0.3) is 5.76 Å². The number of halogens is 1. The molecule has 5 rings (SSSR count). The molecule has 9 heteroatoms. The number of nitriles is 1. The lowest BCUT2D eigenvalue weighted by atomic mass is 9.88. The summed E-state index contributed by atoms with van der Waals surface area (Å²) in [5.41, 5.74) is 8.63. The summed E-state index contributed by atoms with van der Waals surface area (Å²) in [6, 6.07) is 23.6. The fourth-order valence-corrected chi connectivity index (χ4v) is 6.58. The summed E-state index contributed by atoms with van der Waals surface area (Å²) in [7, 11) is -2.57. The van der Waals surface area contributed by atoms with Crippen molar-refractivity contribution in [3.8, 4) is 11.8 Å². The van der Waals surface area contributed by atoms with Gasteiger partial charge in [-0.15, -0.1) is 0 Å². The lowest BCUT2D eigenvalue weighted by molar-refractivity contribution is 0.357. The Kier molecular flexibility index (Phi) is 5.79. The monoisotopic (exact) mass is 549 g/mol. The molecular formula is C26H20BrN3O4S. The molecule has 0 spiro atoms. The molecule has 0 saturated heterocycles. The van der Waals surface area contributed by atoms with Crippen molar-refractivity contribution in [3.63, 3.8) is 0 Å². The van der Waals surface area contributed by atoms with Crippen molar-refractivity contribution >= 4 is 37.4 Å². The molecule has 2 aliphatic rings. The summed E-state index contributed by atoms with van der Waals surface area (Å²) in [5.74, 6) is -0.248. The number of anilines is 1. The van der Waals surface area contributed by atoms with Gasteiger partial charge >= 0.3 is 0 Å². The Bertz CT molecular complexity index is 1540. The zero-order valence-corrected chi connectivity index (χ0v) is 21.0. The van der Waals surface area contributed by atoms with Crippen molar-refractivity contribution < 1.29 is 17.9 Å². The predicted molar refractivity (Wildman–Crippen MR) is 136 cm³/mol. The van der Waals surface area contributed by atoms with Crippen LogP contribution < -0.4 is 14.8 Å². The molecule has 2 aliphatic heterocycles. The van der Waals surface area contributed by atoms with Crippen LogP contribution in [-0.2, 0) is 21.3 Å². The van der Waals surface area contributed by atoms with Crippen molar-refractivity contribution in [2.45, 2.75) is 12.5 Å². The van der Waals surface area contributed by atoms with Gasteiger partial charge in [-0.2, -0.15) is 5.26 Å². The highest BCUT2D eigenvalue weighted by Gasteiger charge is 2.47. The fourth-order valence-electron chi connectivity index (χ4n) is 4.40. The topological polar surface area (TPSA) is 106 Å². The van der Waals surface area contributed by atoms with Crippen LogP contribution in [0, 0.1) is 11.3 Å². The molecule has 0 saturated carbocycles. The number of para-hydroxylation sites is 1. The molecule has 35 heavy (non-hydrogen) atoms. The molecule has 0 aliphatic carbocycles. The van der Waals surface area contributed by atoms with Crippen LogP contribution in [0.3, 0.4) is 0 Å². The number of sulfonamides is 1. The van der Waals surface area contributed by atoms with Gasteiger partial charge < -0.3 is 15.2 Å². The standard InChI is InChI=1S/C26H20BrN3O4S/c1-33-19-6-4-5-16(13-19)15-30-22-8-3-2-7-20(22)24-25(35(30,31)32)23(21(14-28)26(29)34-24)17-9-11-18(27)12-10-17/h2-13,23H,15,29H2,1H3/t23-/m1/s1. The van der Waals surface area contributed by atoms with Gasteiger partial charge in [0.2, 0.25) is 5.88 Å². The minimum atomic E-state index is -4.13. The predicted octanol–water partition coefficient (Wildman–Crippen LogP) is 4.98. The van der Waals surface area contributed by atoms with E-state index in [0.29, 0.717) is 22.6 Å². The molecule has 0 radical (unpaired) electrons. The number of allylic oxidation sites excluding steroid dienone is 2. The van der Waals surface area contributed by atoms with Gasteiger partial charge in [0, 0.05) is 10.0 Å². The van der Waals surface area contributed by atoms with Gasteiger partial charge in [-0.3, -0.25) is 4.31 Å². The second-order valence-corrected chi connectivity index (χ2v) is 10.8. The SMILES string of the molecule is COc1cccc(CN2c3ccccc3C3=C([C@H](c4ccc(Br)cc4)C(C#N)=C(N)O3)S2(=O)=O)c1. The van der Waals surface area contributed by atoms with Crippen LogP contribution in [0.1, 0.15) is 22.6 Å². The number of fused-ring (bicyclic) bond motifs is 2. The molecule has 0 bridgehead atoms. The van der Waals surface area contributed by atoms with Crippen molar-refractivity contribution in [2.24, 2.45) is 5.73 Å². The second kappa shape index (κ2) is 8.80. The smallest absolute Gasteiger partial charge is 0.265 e. The number of ether oxygens (including phenoxy) is 2. The molecule has 7 nitrogen and oxygen atoms in total. The van der Waals surface area contributed by atoms with E-state index in [1.54, 1.807) is 61.7 Å². The Morgan fingerprint density at radius 2 is 1.86 bits per heavy atom. The van der Waals surface area contributed by atoms with E-state index in [-0.39, 0.29) is 28.7 Å². The fraction of sp³-hybridized carbons (Fsp3) is 0.115. The highest BCUT2D eigenvalue weighted by molar-refractivity contribution is 9.10. The van der Waals surface area contributed by atoms with Gasteiger partial charge in [0.1, 0.15) is 22.3 Å². The Labute approximate surface area is 211 Å². The van der Waals surface area contributed by atoms with Crippen LogP contribution in [0.5, 0.6) is 5.75 Å². The average Bonchev–Trinajstić information content (AvgIpc) is 2.86. The molecule has 1 atom stereocenters. The Balaban J connectivity index is 1.74. The largest absolute Gasteiger partial charge is 0.497 e. The molecule has 3 aromatic carbocycles. The molecular weight excluding hydrogens is 530 g/mol. The number of hydrogen-bond acceptors (Lipinski definition) is 6. The molecule has 2 heterocycles. The lowest BCUT2D eigenvalue weighted by Gasteiger charge is -2.38. The molecule has 0 amide bonds. The normalized spacial score (nSPS) is 18.3. The summed E-state index contributed by atoms with van der Waals surface area (Å²) >= 11 is 3.41. The molecule has 0 fully saturated rings. The van der Waals surface area contributed by atoms with Crippen LogP contribution in [0.2, 0.25) is 0 Å². The summed E-state index contributed by atoms with van der Waals surface area (Å²) in [5, 5.41) is 9.94. The Hall–Kier alpha value is -3.74. The summed E-state index contributed by atoms with van der Waals surface area (Å²) in [4.78, 5) is -0.00725. The quantitative estimate of drug-likeness (QED) is 0.491. The van der Waals surface area contributed by atoms with Gasteiger partial charge in [0.25, 0.3) is 10.0 Å². The maximum absolute atomic E-state index is 14.3. The van der Waals surface area contributed by atoms with Crippen molar-refractivity contribution in [2.75, 3.05) is 11.4 Å². The molecule has 0 aromatic heterocycles. The number of hydrogen-bond donors (Lipinski definition) is 1. The van der Waals surface area contributed by atoms with Crippen molar-refractivity contribution in [3.05, 3.63) is 110 Å². The minimum Gasteiger partial charge on any atom is -0.497 e. The van der Waals surface area contributed by atoms with Gasteiger partial charge in [0.05, 0.1) is 25.3 Å². The zero-order chi connectivity index (χ0) is 24.7. The van der Waals surface area contributed by atoms with Crippen LogP contribution in [-0.4, -0.2) is 15.5 Å². The van der Waals surface area contributed by atoms with E-state index in [2.05, 4.69) is 22.0 Å². The van der Waals surface area contributed by atoms with Gasteiger partial charge in [-0.1, -0.05) is 52.3 Å². The first-order chi connectivity index (χ1) is 16.8. The Morgan fingerprint density at radius 3 is 2.57 bits per heavy atom. The third-order valence-electron chi connectivity index (χ3n) is 6.02. The van der Waals surface area contributed by atoms with E-state index >= 15 is 0 Å². The molecule has 176 valence electrons. The van der Waals surface area contributed by atoms with Crippen LogP contribution in [0.4, 0.5) is 5.69 Å². The molecule has 3 aromatic rings. The van der Waals surface area contributed by atoms with Crippen LogP contribution >= 0.6 is 15.9 Å². The third-order valence-corrected chi connectivity index (χ3v) is 8.43. The molecule has 0 unspecified atom stereocenters. The van der Waals surface area contributed by atoms with Crippen molar-refractivity contribution in [1.82, 2.24) is 0 Å². The average molecular weight is 550 g/mol. The number of benzene rings is 3. The Morgan fingerprint density at radius 1 is 1.11 bits per heavy atom. The number of methoxy groups -OCH3 is 1. The zero-order valence-electron chi connectivity index (χ0n) is 18.6. The van der Waals surface area contributed by atoms with Gasteiger partial charge in [0.15, 0.2) is 5.76 Å². The van der Waals surface area contributed by atoms with Gasteiger partial charge in [-0.25, -0.2) is 8.42 Å². The number of nitrogens with zero attached hydrogens (tertiary/aromatic N) is 2. The summed E-state index contributed by atoms with van der Waals surface area (Å²) < 4.78 is 41.9. The van der Waals surface area contributed by atoms with E-state index in [9.17, 15) is 13.7 Å². The van der Waals surface area contributed by atoms with E-state index in [1.807, 2.05) is 18.2 Å². The highest BCUT2D eigenvalue weighted by atomic mass is 79.9. The van der Waals surface area contributed by atoms with E-state index in [4.69, 9.17) is 15.2 Å². The van der Waals surface area contributed by atoms with Gasteiger partial charge in [-0.05, 0) is 47.5 Å². The van der Waals surface area contributed by atoms with Crippen LogP contribution in [0.15, 0.2) is 93.6 Å². The lowest BCUT2D eigenvalue weighted by Crippen LogP contribution is -2.39. The number of nitrogens with two attached hydrogens (primary N) is 1. The maximum Gasteiger partial charge on any atom is 0.265 e. The summed E-state index contributed by atoms with van der Waals surface area (Å²) in [6.07, 6.45) is 0. The van der Waals surface area contributed by atoms with E-state index < -0.39 is 15.9 Å². The summed E-state index contributed by atoms with van der Waals surface area (Å²) in [6.45, 7) is 0.0709.